The molecule has 0 aromatic heterocycles. The van der Waals surface area contributed by atoms with Crippen LogP contribution in [0.2, 0.25) is 0 Å². The average molecular weight is 451 g/mol. The lowest BCUT2D eigenvalue weighted by molar-refractivity contribution is 0.0981. The molecule has 0 radical (unpaired) electrons. The van der Waals surface area contributed by atoms with Gasteiger partial charge >= 0.3 is 0 Å². The predicted octanol–water partition coefficient (Wildman–Crippen LogP) is 4.07. The Kier molecular flexibility index (Phi) is 6.04. The molecule has 1 aliphatic rings. The first-order valence-corrected chi connectivity index (χ1v) is 11.9. The second kappa shape index (κ2) is 8.76. The van der Waals surface area contributed by atoms with E-state index in [4.69, 9.17) is 4.74 Å². The fourth-order valence-electron chi connectivity index (χ4n) is 3.92. The van der Waals surface area contributed by atoms with E-state index in [1.807, 2.05) is 32.0 Å². The van der Waals surface area contributed by atoms with Gasteiger partial charge < -0.3 is 9.64 Å². The van der Waals surface area contributed by atoms with E-state index in [-0.39, 0.29) is 23.4 Å². The van der Waals surface area contributed by atoms with Crippen LogP contribution in [0.3, 0.4) is 0 Å². The van der Waals surface area contributed by atoms with Gasteiger partial charge in [0.25, 0.3) is 5.91 Å². The number of rotatable bonds is 6. The van der Waals surface area contributed by atoms with Crippen LogP contribution in [0.15, 0.2) is 71.6 Å². The van der Waals surface area contributed by atoms with Gasteiger partial charge in [-0.1, -0.05) is 29.8 Å². The van der Waals surface area contributed by atoms with Crippen LogP contribution in [-0.4, -0.2) is 27.5 Å². The van der Waals surface area contributed by atoms with Gasteiger partial charge in [-0.2, -0.15) is 0 Å². The number of sulfonamides is 1. The smallest absolute Gasteiger partial charge is 0.258 e. The van der Waals surface area contributed by atoms with Crippen LogP contribution in [0.25, 0.3) is 0 Å². The molecule has 1 N–H and O–H groups in total. The molecule has 32 heavy (non-hydrogen) atoms. The fourth-order valence-corrected chi connectivity index (χ4v) is 4.94. The Hall–Kier alpha value is -3.16. The van der Waals surface area contributed by atoms with E-state index < -0.39 is 10.0 Å². The highest BCUT2D eigenvalue weighted by Crippen LogP contribution is 2.34. The van der Waals surface area contributed by atoms with Gasteiger partial charge in [0.05, 0.1) is 12.0 Å². The molecule has 166 valence electrons. The SMILES string of the molecule is COc1ccc(C(=O)N2c3cc(CNS(=O)(=O)c4ccc(C)cc4)ccc3C[C@H]2C)cc1. The van der Waals surface area contributed by atoms with Gasteiger partial charge in [-0.3, -0.25) is 4.79 Å². The summed E-state index contributed by atoms with van der Waals surface area (Å²) in [5.41, 5.74) is 4.27. The maximum Gasteiger partial charge on any atom is 0.258 e. The summed E-state index contributed by atoms with van der Waals surface area (Å²) in [5, 5.41) is 0. The largest absolute Gasteiger partial charge is 0.497 e. The average Bonchev–Trinajstić information content (AvgIpc) is 3.12. The van der Waals surface area contributed by atoms with Gasteiger partial charge in [-0.15, -0.1) is 0 Å². The topological polar surface area (TPSA) is 75.7 Å². The summed E-state index contributed by atoms with van der Waals surface area (Å²) in [5.74, 6) is 0.607. The Labute approximate surface area is 188 Å². The number of methoxy groups -OCH3 is 1. The van der Waals surface area contributed by atoms with Gasteiger partial charge in [-0.05, 0) is 73.9 Å². The van der Waals surface area contributed by atoms with Crippen molar-refractivity contribution in [3.05, 3.63) is 89.0 Å². The number of amides is 1. The number of benzene rings is 3. The van der Waals surface area contributed by atoms with Crippen molar-refractivity contribution in [1.82, 2.24) is 4.72 Å². The monoisotopic (exact) mass is 450 g/mol. The summed E-state index contributed by atoms with van der Waals surface area (Å²) in [4.78, 5) is 15.3. The Balaban J connectivity index is 1.55. The lowest BCUT2D eigenvalue weighted by atomic mass is 10.1. The van der Waals surface area contributed by atoms with Crippen molar-refractivity contribution in [2.24, 2.45) is 0 Å². The molecule has 1 atom stereocenters. The maximum atomic E-state index is 13.2. The first-order valence-electron chi connectivity index (χ1n) is 10.4. The number of nitrogens with zero attached hydrogens (tertiary/aromatic N) is 1. The minimum Gasteiger partial charge on any atom is -0.497 e. The van der Waals surface area contributed by atoms with E-state index in [0.29, 0.717) is 11.3 Å². The highest BCUT2D eigenvalue weighted by atomic mass is 32.2. The van der Waals surface area contributed by atoms with E-state index in [9.17, 15) is 13.2 Å². The van der Waals surface area contributed by atoms with E-state index in [2.05, 4.69) is 4.72 Å². The zero-order valence-electron chi connectivity index (χ0n) is 18.3. The Morgan fingerprint density at radius 2 is 1.75 bits per heavy atom. The summed E-state index contributed by atoms with van der Waals surface area (Å²) in [7, 11) is -2.03. The molecule has 1 heterocycles. The van der Waals surface area contributed by atoms with Crippen molar-refractivity contribution in [3.8, 4) is 5.75 Å². The van der Waals surface area contributed by atoms with Crippen LogP contribution >= 0.6 is 0 Å². The molecule has 7 heteroatoms. The highest BCUT2D eigenvalue weighted by Gasteiger charge is 2.31. The van der Waals surface area contributed by atoms with Crippen LogP contribution in [0.1, 0.15) is 34.0 Å². The summed E-state index contributed by atoms with van der Waals surface area (Å²) in [6.45, 7) is 4.07. The molecule has 1 amide bonds. The van der Waals surface area contributed by atoms with Crippen molar-refractivity contribution in [2.75, 3.05) is 12.0 Å². The minimum absolute atomic E-state index is 0.0131. The molecule has 0 fully saturated rings. The maximum absolute atomic E-state index is 13.2. The number of carbonyl (C=O) groups is 1. The van der Waals surface area contributed by atoms with Crippen molar-refractivity contribution in [1.29, 1.82) is 0 Å². The van der Waals surface area contributed by atoms with Crippen molar-refractivity contribution in [2.45, 2.75) is 37.8 Å². The van der Waals surface area contributed by atoms with Gasteiger partial charge in [0.15, 0.2) is 0 Å². The number of nitrogens with one attached hydrogen (secondary N) is 1. The van der Waals surface area contributed by atoms with Crippen LogP contribution in [0, 0.1) is 6.92 Å². The van der Waals surface area contributed by atoms with E-state index in [1.165, 1.54) is 0 Å². The molecule has 3 aromatic carbocycles. The second-order valence-corrected chi connectivity index (χ2v) is 9.82. The molecular formula is C25H26N2O4S. The lowest BCUT2D eigenvalue weighted by Gasteiger charge is -2.23. The molecule has 1 aliphatic heterocycles. The molecule has 0 saturated heterocycles. The summed E-state index contributed by atoms with van der Waals surface area (Å²) in [6, 6.07) is 19.6. The first kappa shape index (κ1) is 22.0. The Morgan fingerprint density at radius 1 is 1.06 bits per heavy atom. The second-order valence-electron chi connectivity index (χ2n) is 8.06. The third kappa shape index (κ3) is 4.40. The molecule has 0 spiro atoms. The Morgan fingerprint density at radius 3 is 2.41 bits per heavy atom. The number of hydrogen-bond acceptors (Lipinski definition) is 4. The van der Waals surface area contributed by atoms with Gasteiger partial charge in [0, 0.05) is 23.8 Å². The van der Waals surface area contributed by atoms with E-state index in [1.54, 1.807) is 60.5 Å². The number of fused-ring (bicyclic) bond motifs is 1. The molecule has 3 aromatic rings. The highest BCUT2D eigenvalue weighted by molar-refractivity contribution is 7.89. The molecule has 0 bridgehead atoms. The van der Waals surface area contributed by atoms with E-state index >= 15 is 0 Å². The summed E-state index contributed by atoms with van der Waals surface area (Å²) >= 11 is 0. The molecule has 0 aliphatic carbocycles. The van der Waals surface area contributed by atoms with Gasteiger partial charge in [-0.25, -0.2) is 13.1 Å². The number of carbonyl (C=O) groups excluding carboxylic acids is 1. The molecule has 6 nitrogen and oxygen atoms in total. The minimum atomic E-state index is -3.62. The van der Waals surface area contributed by atoms with Gasteiger partial charge in [0.2, 0.25) is 10.0 Å². The standard InChI is InChI=1S/C25H26N2O4S/c1-17-4-12-23(13-5-17)32(29,30)26-16-19-6-7-21-14-18(2)27(24(21)15-19)25(28)20-8-10-22(31-3)11-9-20/h4-13,15,18,26H,14,16H2,1-3H3/t18-/m1/s1. The summed E-state index contributed by atoms with van der Waals surface area (Å²) in [6.07, 6.45) is 0.757. The third-order valence-electron chi connectivity index (χ3n) is 5.72. The number of aryl methyl sites for hydroxylation is 1. The predicted molar refractivity (Wildman–Crippen MR) is 125 cm³/mol. The quantitative estimate of drug-likeness (QED) is 0.614. The Bertz CT molecular complexity index is 1240. The van der Waals surface area contributed by atoms with Gasteiger partial charge in [0.1, 0.15) is 5.75 Å². The molecular weight excluding hydrogens is 424 g/mol. The zero-order valence-corrected chi connectivity index (χ0v) is 19.1. The fraction of sp³-hybridized carbons (Fsp3) is 0.240. The number of anilines is 1. The first-order chi connectivity index (χ1) is 15.3. The normalized spacial score (nSPS) is 15.5. The summed E-state index contributed by atoms with van der Waals surface area (Å²) < 4.78 is 33.1. The van der Waals surface area contributed by atoms with Crippen LogP contribution in [0.5, 0.6) is 5.75 Å². The van der Waals surface area contributed by atoms with Crippen LogP contribution < -0.4 is 14.4 Å². The molecule has 0 unspecified atom stereocenters. The number of ether oxygens (including phenoxy) is 1. The molecule has 4 rings (SSSR count). The number of hydrogen-bond donors (Lipinski definition) is 1. The third-order valence-corrected chi connectivity index (χ3v) is 7.14. The van der Waals surface area contributed by atoms with Crippen molar-refractivity contribution < 1.29 is 17.9 Å². The van der Waals surface area contributed by atoms with Crippen LogP contribution in [0.4, 0.5) is 5.69 Å². The van der Waals surface area contributed by atoms with Crippen molar-refractivity contribution >= 4 is 21.6 Å². The zero-order chi connectivity index (χ0) is 22.9. The lowest BCUT2D eigenvalue weighted by Crippen LogP contribution is -2.35. The molecule has 0 saturated carbocycles. The van der Waals surface area contributed by atoms with Crippen LogP contribution in [-0.2, 0) is 23.0 Å². The van der Waals surface area contributed by atoms with Crippen molar-refractivity contribution in [3.63, 3.8) is 0 Å². The van der Waals surface area contributed by atoms with E-state index in [0.717, 1.165) is 28.8 Å².